The molecule has 1 aliphatic heterocycles. The van der Waals surface area contributed by atoms with Crippen LogP contribution in [0.4, 0.5) is 10.1 Å². The number of aliphatic hydroxyl groups is 2. The van der Waals surface area contributed by atoms with Crippen LogP contribution in [-0.4, -0.2) is 61.9 Å². The first-order valence-corrected chi connectivity index (χ1v) is 11.9. The van der Waals surface area contributed by atoms with E-state index < -0.39 is 17.0 Å². The van der Waals surface area contributed by atoms with Crippen molar-refractivity contribution < 1.29 is 19.4 Å². The summed E-state index contributed by atoms with van der Waals surface area (Å²) >= 11 is 5.84. The highest BCUT2D eigenvalue weighted by molar-refractivity contribution is 6.31. The third kappa shape index (κ3) is 4.34. The summed E-state index contributed by atoms with van der Waals surface area (Å²) in [5.41, 5.74) is -0.470. The average Bonchev–Trinajstić information content (AvgIpc) is 3.39. The van der Waals surface area contributed by atoms with Crippen LogP contribution in [0.3, 0.4) is 0 Å². The predicted octanol–water partition coefficient (Wildman–Crippen LogP) is 2.78. The number of benzene rings is 1. The van der Waals surface area contributed by atoms with Crippen molar-refractivity contribution in [1.29, 1.82) is 0 Å². The van der Waals surface area contributed by atoms with Gasteiger partial charge in [-0.2, -0.15) is 0 Å². The number of fused-ring (bicyclic) bond motifs is 1. The van der Waals surface area contributed by atoms with Gasteiger partial charge in [-0.3, -0.25) is 9.69 Å². The van der Waals surface area contributed by atoms with E-state index in [0.717, 1.165) is 18.5 Å². The number of hydrogen-bond acceptors (Lipinski definition) is 5. The van der Waals surface area contributed by atoms with Crippen molar-refractivity contribution >= 4 is 23.2 Å². The van der Waals surface area contributed by atoms with Gasteiger partial charge in [-0.1, -0.05) is 23.4 Å². The maximum atomic E-state index is 13.5. The van der Waals surface area contributed by atoms with E-state index in [-0.39, 0.29) is 28.7 Å². The van der Waals surface area contributed by atoms with Gasteiger partial charge in [-0.05, 0) is 62.8 Å². The second-order valence-corrected chi connectivity index (χ2v) is 10.7. The second kappa shape index (κ2) is 8.35. The van der Waals surface area contributed by atoms with Crippen molar-refractivity contribution in [2.24, 2.45) is 18.9 Å². The Morgan fingerprint density at radius 1 is 1.18 bits per heavy atom. The number of aromatic nitrogens is 2. The summed E-state index contributed by atoms with van der Waals surface area (Å²) in [6.07, 6.45) is 4.40. The zero-order valence-corrected chi connectivity index (χ0v) is 19.9. The largest absolute Gasteiger partial charge is 0.378 e. The van der Waals surface area contributed by atoms with E-state index in [4.69, 9.17) is 11.6 Å². The van der Waals surface area contributed by atoms with Crippen LogP contribution in [-0.2, 0) is 7.05 Å². The summed E-state index contributed by atoms with van der Waals surface area (Å²) in [5, 5.41) is 24.1. The van der Waals surface area contributed by atoms with Crippen LogP contribution in [0.2, 0.25) is 5.02 Å². The van der Waals surface area contributed by atoms with E-state index in [1.54, 1.807) is 17.9 Å². The topological polar surface area (TPSA) is 90.6 Å². The van der Waals surface area contributed by atoms with E-state index in [2.05, 4.69) is 22.1 Å². The molecule has 2 unspecified atom stereocenters. The molecule has 3 fully saturated rings. The summed E-state index contributed by atoms with van der Waals surface area (Å²) in [5.74, 6) is 5.71. The predicted molar refractivity (Wildman–Crippen MR) is 126 cm³/mol. The Morgan fingerprint density at radius 2 is 1.82 bits per heavy atom. The van der Waals surface area contributed by atoms with Crippen LogP contribution in [0, 0.1) is 29.5 Å². The molecule has 9 heteroatoms. The van der Waals surface area contributed by atoms with Crippen molar-refractivity contribution in [2.75, 3.05) is 25.5 Å². The smallest absolute Gasteiger partial charge is 0.274 e. The number of halogens is 2. The first-order valence-electron chi connectivity index (χ1n) is 11.5. The maximum absolute atomic E-state index is 13.5. The molecule has 7 nitrogen and oxygen atoms in total. The van der Waals surface area contributed by atoms with Gasteiger partial charge in [-0.15, -0.1) is 0 Å². The van der Waals surface area contributed by atoms with Gasteiger partial charge in [0, 0.05) is 31.7 Å². The molecule has 180 valence electrons. The van der Waals surface area contributed by atoms with Crippen molar-refractivity contribution in [3.05, 3.63) is 46.8 Å². The van der Waals surface area contributed by atoms with Gasteiger partial charge in [0.1, 0.15) is 17.1 Å². The number of carbonyl (C=O) groups excluding carboxylic acids is 1. The summed E-state index contributed by atoms with van der Waals surface area (Å²) in [6, 6.07) is 4.06. The lowest BCUT2D eigenvalue weighted by Crippen LogP contribution is -2.59. The highest BCUT2D eigenvalue weighted by Crippen LogP contribution is 2.53. The number of nitrogens with one attached hydrogen (secondary N) is 1. The van der Waals surface area contributed by atoms with Gasteiger partial charge >= 0.3 is 0 Å². The van der Waals surface area contributed by atoms with Crippen molar-refractivity contribution in [2.45, 2.75) is 42.8 Å². The van der Waals surface area contributed by atoms with Crippen LogP contribution in [0.25, 0.3) is 0 Å². The summed E-state index contributed by atoms with van der Waals surface area (Å²) < 4.78 is 15.1. The average molecular weight is 487 g/mol. The number of amides is 1. The summed E-state index contributed by atoms with van der Waals surface area (Å²) in [7, 11) is 3.70. The molecule has 2 aliphatic carbocycles. The molecular formula is C25H28ClFN4O3. The molecule has 1 amide bonds. The monoisotopic (exact) mass is 486 g/mol. The molecule has 3 N–H and O–H groups in total. The van der Waals surface area contributed by atoms with E-state index in [9.17, 15) is 19.4 Å². The van der Waals surface area contributed by atoms with Gasteiger partial charge in [0.25, 0.3) is 5.91 Å². The number of anilines is 1. The van der Waals surface area contributed by atoms with Crippen LogP contribution in [0.1, 0.15) is 47.8 Å². The second-order valence-electron chi connectivity index (χ2n) is 10.3. The number of β-amino-alcohol motifs (C(OH)–C–C–N with tert-alkyl or cyclic N) is 1. The molecule has 0 radical (unpaired) electrons. The number of carbonyl (C=O) groups is 1. The molecule has 34 heavy (non-hydrogen) atoms. The Kier molecular flexibility index (Phi) is 5.72. The molecule has 5 rings (SSSR count). The highest BCUT2D eigenvalue weighted by Gasteiger charge is 2.49. The lowest BCUT2D eigenvalue weighted by Gasteiger charge is -2.40. The fourth-order valence-electron chi connectivity index (χ4n) is 5.93. The molecule has 1 aromatic carbocycles. The van der Waals surface area contributed by atoms with Crippen LogP contribution >= 0.6 is 11.6 Å². The Morgan fingerprint density at radius 3 is 2.44 bits per heavy atom. The van der Waals surface area contributed by atoms with Crippen LogP contribution < -0.4 is 5.32 Å². The van der Waals surface area contributed by atoms with Crippen molar-refractivity contribution in [3.8, 4) is 11.8 Å². The molecule has 2 saturated carbocycles. The van der Waals surface area contributed by atoms with E-state index in [1.807, 2.05) is 11.9 Å². The number of imidazole rings is 1. The molecule has 2 aromatic rings. The number of rotatable bonds is 3. The molecule has 0 spiro atoms. The minimum absolute atomic E-state index is 0.0568. The molecule has 3 aliphatic rings. The van der Waals surface area contributed by atoms with Gasteiger partial charge in [0.05, 0.1) is 17.0 Å². The zero-order valence-electron chi connectivity index (χ0n) is 19.2. The number of aryl methyl sites for hydroxylation is 1. The minimum Gasteiger partial charge on any atom is -0.378 e. The zero-order chi connectivity index (χ0) is 24.3. The quantitative estimate of drug-likeness (QED) is 0.580. The number of likely N-dealkylation sites (tertiary alicyclic amines) is 1. The molecule has 2 atom stereocenters. The molecular weight excluding hydrogens is 459 g/mol. The van der Waals surface area contributed by atoms with E-state index in [1.165, 1.54) is 18.2 Å². The maximum Gasteiger partial charge on any atom is 0.274 e. The minimum atomic E-state index is -1.07. The first-order chi connectivity index (χ1) is 16.0. The molecule has 2 heterocycles. The third-order valence-electron chi connectivity index (χ3n) is 7.38. The Bertz CT molecular complexity index is 1180. The highest BCUT2D eigenvalue weighted by atomic mass is 35.5. The van der Waals surface area contributed by atoms with E-state index >= 15 is 0 Å². The van der Waals surface area contributed by atoms with Gasteiger partial charge < -0.3 is 20.1 Å². The Hall–Kier alpha value is -2.44. The Balaban J connectivity index is 1.27. The van der Waals surface area contributed by atoms with E-state index in [0.29, 0.717) is 37.3 Å². The lowest BCUT2D eigenvalue weighted by atomic mass is 9.90. The lowest BCUT2D eigenvalue weighted by molar-refractivity contribution is -0.0395. The number of nitrogens with zero attached hydrogens (tertiary/aromatic N) is 3. The molecule has 1 aromatic heterocycles. The molecule has 1 saturated heterocycles. The fourth-order valence-corrected chi connectivity index (χ4v) is 6.11. The van der Waals surface area contributed by atoms with Gasteiger partial charge in [-0.25, -0.2) is 9.37 Å². The van der Waals surface area contributed by atoms with Crippen LogP contribution in [0.5, 0.6) is 0 Å². The fraction of sp³-hybridized carbons (Fsp3) is 0.520. The Labute approximate surface area is 202 Å². The van der Waals surface area contributed by atoms with Crippen molar-refractivity contribution in [3.63, 3.8) is 0 Å². The normalized spacial score (nSPS) is 29.8. The number of likely N-dealkylation sites (N-methyl/N-ethyl adjacent to an activating group) is 1. The number of hydrogen-bond donors (Lipinski definition) is 3. The molecule has 0 bridgehead atoms. The van der Waals surface area contributed by atoms with Crippen LogP contribution in [0.15, 0.2) is 24.5 Å². The van der Waals surface area contributed by atoms with Crippen molar-refractivity contribution in [1.82, 2.24) is 14.5 Å². The van der Waals surface area contributed by atoms with Gasteiger partial charge in [0.15, 0.2) is 5.60 Å². The third-order valence-corrected chi connectivity index (χ3v) is 7.67. The summed E-state index contributed by atoms with van der Waals surface area (Å²) in [6.45, 7) is 0.999. The first kappa shape index (κ1) is 23.3. The SMILES string of the molecule is CN1CC(O)(C#CC2(O)CC3CC(c4ncn(C)c4C(=O)Nc4ccc(F)c(Cl)c4)CC3C2)C1. The summed E-state index contributed by atoms with van der Waals surface area (Å²) in [4.78, 5) is 19.6. The standard InChI is InChI=1S/C25H28ClFN4O3/c1-30-12-25(34,13-30)6-5-24(33)10-16-7-15(8-17(16)11-24)21-22(31(2)14-28-21)23(32)29-18-3-4-20(27)19(26)9-18/h3-4,9,14-17,33-34H,7-8,10-13H2,1-2H3,(H,29,32). The van der Waals surface area contributed by atoms with Gasteiger partial charge in [0.2, 0.25) is 0 Å².